The molecule has 8 nitrogen and oxygen atoms in total. The number of ether oxygens (including phenoxy) is 2. The first-order chi connectivity index (χ1) is 12.9. The van der Waals surface area contributed by atoms with Gasteiger partial charge in [0.25, 0.3) is 5.91 Å². The highest BCUT2D eigenvalue weighted by Crippen LogP contribution is 2.27. The molecule has 1 aliphatic heterocycles. The number of nitrogens with one attached hydrogen (secondary N) is 1. The Morgan fingerprint density at radius 2 is 2.04 bits per heavy atom. The molecule has 0 spiro atoms. The van der Waals surface area contributed by atoms with E-state index in [1.165, 1.54) is 19.2 Å². The zero-order chi connectivity index (χ0) is 19.6. The molecule has 1 saturated heterocycles. The van der Waals surface area contributed by atoms with E-state index in [2.05, 4.69) is 26.0 Å². The number of furan rings is 1. The lowest BCUT2D eigenvalue weighted by Crippen LogP contribution is -2.30. The number of carbonyl (C=O) groups is 3. The van der Waals surface area contributed by atoms with E-state index in [0.29, 0.717) is 11.3 Å². The summed E-state index contributed by atoms with van der Waals surface area (Å²) in [5.74, 6) is -0.197. The molecule has 0 aliphatic carbocycles. The molecule has 3 rings (SSSR count). The summed E-state index contributed by atoms with van der Waals surface area (Å²) in [5, 5.41) is 2.53. The lowest BCUT2D eigenvalue weighted by molar-refractivity contribution is -0.123. The molecule has 2 heterocycles. The fourth-order valence-corrected chi connectivity index (χ4v) is 3.04. The maximum Gasteiger partial charge on any atom is 0.373 e. The van der Waals surface area contributed by atoms with Gasteiger partial charge in [-0.2, -0.15) is 0 Å². The minimum Gasteiger partial charge on any atom is -0.496 e. The van der Waals surface area contributed by atoms with E-state index in [1.54, 1.807) is 31.4 Å². The van der Waals surface area contributed by atoms with Crippen molar-refractivity contribution in [1.29, 1.82) is 0 Å². The molecule has 0 saturated carbocycles. The zero-order valence-electron chi connectivity index (χ0n) is 14.4. The molecule has 1 aromatic carbocycles. The SMILES string of the molecule is COC(=O)c1ccc(CN2C(=O)NC(=Cc3ccc(OC)c(Br)c3)C2=O)o1. The van der Waals surface area contributed by atoms with Crippen LogP contribution in [0.1, 0.15) is 21.9 Å². The molecule has 0 bridgehead atoms. The molecule has 0 unspecified atom stereocenters. The first-order valence-electron chi connectivity index (χ1n) is 7.78. The number of carbonyl (C=O) groups excluding carboxylic acids is 3. The van der Waals surface area contributed by atoms with Crippen LogP contribution in [0.15, 0.2) is 44.9 Å². The van der Waals surface area contributed by atoms with E-state index in [9.17, 15) is 14.4 Å². The van der Waals surface area contributed by atoms with Crippen LogP contribution in [-0.2, 0) is 16.1 Å². The van der Waals surface area contributed by atoms with Crippen molar-refractivity contribution in [3.8, 4) is 5.75 Å². The topological polar surface area (TPSA) is 98.1 Å². The molecule has 140 valence electrons. The normalized spacial score (nSPS) is 15.2. The second-order valence-electron chi connectivity index (χ2n) is 5.53. The van der Waals surface area contributed by atoms with Gasteiger partial charge in [0.05, 0.1) is 25.2 Å². The summed E-state index contributed by atoms with van der Waals surface area (Å²) < 4.78 is 15.7. The average molecular weight is 435 g/mol. The van der Waals surface area contributed by atoms with Crippen LogP contribution in [0, 0.1) is 0 Å². The summed E-state index contributed by atoms with van der Waals surface area (Å²) in [7, 11) is 2.79. The number of hydrogen-bond donors (Lipinski definition) is 1. The smallest absolute Gasteiger partial charge is 0.373 e. The van der Waals surface area contributed by atoms with Gasteiger partial charge in [-0.15, -0.1) is 0 Å². The predicted octanol–water partition coefficient (Wildman–Crippen LogP) is 2.93. The Morgan fingerprint density at radius 3 is 2.70 bits per heavy atom. The number of urea groups is 1. The van der Waals surface area contributed by atoms with Gasteiger partial charge in [0.2, 0.25) is 5.76 Å². The summed E-state index contributed by atoms with van der Waals surface area (Å²) in [6.07, 6.45) is 1.56. The number of nitrogens with zero attached hydrogens (tertiary/aromatic N) is 1. The van der Waals surface area contributed by atoms with Gasteiger partial charge in [-0.05, 0) is 51.8 Å². The lowest BCUT2D eigenvalue weighted by atomic mass is 10.2. The maximum atomic E-state index is 12.5. The third-order valence-electron chi connectivity index (χ3n) is 3.81. The van der Waals surface area contributed by atoms with Gasteiger partial charge in [0.1, 0.15) is 17.2 Å². The Labute approximate surface area is 162 Å². The highest BCUT2D eigenvalue weighted by Gasteiger charge is 2.34. The maximum absolute atomic E-state index is 12.5. The van der Waals surface area contributed by atoms with Gasteiger partial charge in [-0.3, -0.25) is 9.69 Å². The van der Waals surface area contributed by atoms with E-state index < -0.39 is 17.9 Å². The number of amides is 3. The van der Waals surface area contributed by atoms with E-state index in [-0.39, 0.29) is 23.8 Å². The standard InChI is InChI=1S/C18H15BrN2O6/c1-25-14-5-3-10(7-12(14)19)8-13-16(22)21(18(24)20-13)9-11-4-6-15(27-11)17(23)26-2/h3-8H,9H2,1-2H3,(H,20,24). The number of halogens is 1. The number of esters is 1. The van der Waals surface area contributed by atoms with Gasteiger partial charge < -0.3 is 19.2 Å². The van der Waals surface area contributed by atoms with Gasteiger partial charge in [0.15, 0.2) is 0 Å². The van der Waals surface area contributed by atoms with Crippen molar-refractivity contribution in [3.63, 3.8) is 0 Å². The second-order valence-corrected chi connectivity index (χ2v) is 6.39. The van der Waals surface area contributed by atoms with Crippen molar-refractivity contribution in [3.05, 3.63) is 57.6 Å². The van der Waals surface area contributed by atoms with Crippen molar-refractivity contribution in [2.45, 2.75) is 6.54 Å². The molecule has 27 heavy (non-hydrogen) atoms. The molecule has 2 aromatic rings. The lowest BCUT2D eigenvalue weighted by Gasteiger charge is -2.09. The molecular weight excluding hydrogens is 420 g/mol. The van der Waals surface area contributed by atoms with Crippen LogP contribution in [0.2, 0.25) is 0 Å². The Kier molecular flexibility index (Phi) is 5.31. The van der Waals surface area contributed by atoms with Crippen LogP contribution in [0.25, 0.3) is 6.08 Å². The summed E-state index contributed by atoms with van der Waals surface area (Å²) in [5.41, 5.74) is 0.843. The van der Waals surface area contributed by atoms with Crippen molar-refractivity contribution in [1.82, 2.24) is 10.2 Å². The van der Waals surface area contributed by atoms with Gasteiger partial charge in [0, 0.05) is 0 Å². The minimum absolute atomic E-state index is 0.00148. The fraction of sp³-hybridized carbons (Fsp3) is 0.167. The molecule has 0 atom stereocenters. The molecule has 1 aliphatic rings. The molecule has 1 fully saturated rings. The molecule has 9 heteroatoms. The Morgan fingerprint density at radius 1 is 1.26 bits per heavy atom. The predicted molar refractivity (Wildman–Crippen MR) is 97.8 cm³/mol. The van der Waals surface area contributed by atoms with Crippen LogP contribution in [-0.4, -0.2) is 37.0 Å². The number of hydrogen-bond acceptors (Lipinski definition) is 6. The minimum atomic E-state index is -0.635. The molecule has 1 aromatic heterocycles. The van der Waals surface area contributed by atoms with Crippen LogP contribution in [0.3, 0.4) is 0 Å². The highest BCUT2D eigenvalue weighted by atomic mass is 79.9. The van der Waals surface area contributed by atoms with E-state index in [4.69, 9.17) is 9.15 Å². The fourth-order valence-electron chi connectivity index (χ4n) is 2.48. The highest BCUT2D eigenvalue weighted by molar-refractivity contribution is 9.10. The number of benzene rings is 1. The molecule has 0 radical (unpaired) electrons. The van der Waals surface area contributed by atoms with E-state index in [0.717, 1.165) is 9.37 Å². The summed E-state index contributed by atoms with van der Waals surface area (Å²) >= 11 is 3.37. The average Bonchev–Trinajstić information content (AvgIpc) is 3.22. The molecule has 1 N–H and O–H groups in total. The second kappa shape index (κ2) is 7.67. The number of methoxy groups -OCH3 is 2. The van der Waals surface area contributed by atoms with Crippen molar-refractivity contribution >= 4 is 39.9 Å². The Balaban J connectivity index is 1.77. The van der Waals surface area contributed by atoms with Crippen LogP contribution >= 0.6 is 15.9 Å². The Hall–Kier alpha value is -3.07. The summed E-state index contributed by atoms with van der Waals surface area (Å²) in [6, 6.07) is 7.62. The molecular formula is C18H15BrN2O6. The van der Waals surface area contributed by atoms with Gasteiger partial charge in [-0.1, -0.05) is 6.07 Å². The quantitative estimate of drug-likeness (QED) is 0.441. The van der Waals surface area contributed by atoms with Gasteiger partial charge in [-0.25, -0.2) is 9.59 Å². The Bertz CT molecular complexity index is 949. The number of rotatable bonds is 5. The number of imide groups is 1. The van der Waals surface area contributed by atoms with Crippen molar-refractivity contribution in [2.24, 2.45) is 0 Å². The van der Waals surface area contributed by atoms with E-state index in [1.807, 2.05) is 0 Å². The van der Waals surface area contributed by atoms with Crippen molar-refractivity contribution < 1.29 is 28.3 Å². The third kappa shape index (κ3) is 3.87. The summed E-state index contributed by atoms with van der Waals surface area (Å²) in [4.78, 5) is 37.1. The molecule has 3 amide bonds. The van der Waals surface area contributed by atoms with Crippen molar-refractivity contribution in [2.75, 3.05) is 14.2 Å². The van der Waals surface area contributed by atoms with Crippen LogP contribution < -0.4 is 10.1 Å². The van der Waals surface area contributed by atoms with Gasteiger partial charge >= 0.3 is 12.0 Å². The van der Waals surface area contributed by atoms with E-state index >= 15 is 0 Å². The summed E-state index contributed by atoms with van der Waals surface area (Å²) in [6.45, 7) is -0.106. The zero-order valence-corrected chi connectivity index (χ0v) is 16.0. The first-order valence-corrected chi connectivity index (χ1v) is 8.57. The van der Waals surface area contributed by atoms with Crippen LogP contribution in [0.5, 0.6) is 5.75 Å². The third-order valence-corrected chi connectivity index (χ3v) is 4.43. The van der Waals surface area contributed by atoms with Crippen LogP contribution in [0.4, 0.5) is 4.79 Å². The largest absolute Gasteiger partial charge is 0.496 e. The first kappa shape index (κ1) is 18.7. The monoisotopic (exact) mass is 434 g/mol.